The number of ether oxygens (including phenoxy) is 2. The molecule has 0 heterocycles. The topological polar surface area (TPSA) is 78.7 Å². The zero-order valence-electron chi connectivity index (χ0n) is 9.01. The third-order valence-electron chi connectivity index (χ3n) is 1.83. The summed E-state index contributed by atoms with van der Waals surface area (Å²) in [4.78, 5) is 21.2. The van der Waals surface area contributed by atoms with Crippen LogP contribution in [0.25, 0.3) is 0 Å². The van der Waals surface area contributed by atoms with Crippen LogP contribution in [0.1, 0.15) is 0 Å². The van der Waals surface area contributed by atoms with Gasteiger partial charge in [0, 0.05) is 13.2 Å². The Hall–Kier alpha value is -1.66. The standard InChI is InChI=1S/C10H10ClNO5/c1-16-5-7(13)6-17-10-8(11)3-2-4-9(10)12(14)15/h2-4H,5-6H2,1H3. The van der Waals surface area contributed by atoms with Crippen LogP contribution in [0.15, 0.2) is 18.2 Å². The molecule has 0 aliphatic rings. The van der Waals surface area contributed by atoms with Crippen molar-refractivity contribution in [3.63, 3.8) is 0 Å². The van der Waals surface area contributed by atoms with Gasteiger partial charge in [-0.15, -0.1) is 0 Å². The number of rotatable bonds is 6. The lowest BCUT2D eigenvalue weighted by molar-refractivity contribution is -0.385. The molecule has 0 amide bonds. The van der Waals surface area contributed by atoms with Crippen LogP contribution in [0.2, 0.25) is 5.02 Å². The molecule has 0 spiro atoms. The van der Waals surface area contributed by atoms with Crippen molar-refractivity contribution in [3.8, 4) is 5.75 Å². The fourth-order valence-corrected chi connectivity index (χ4v) is 1.36. The molecule has 6 nitrogen and oxygen atoms in total. The monoisotopic (exact) mass is 259 g/mol. The Labute approximate surface area is 102 Å². The molecule has 0 radical (unpaired) electrons. The zero-order valence-corrected chi connectivity index (χ0v) is 9.77. The molecule has 0 fully saturated rings. The number of nitro benzene ring substituents is 1. The Morgan fingerprint density at radius 2 is 2.18 bits per heavy atom. The molecule has 0 aliphatic carbocycles. The van der Waals surface area contributed by atoms with E-state index in [1.165, 1.54) is 25.3 Å². The van der Waals surface area contributed by atoms with Crippen LogP contribution in [-0.4, -0.2) is 31.0 Å². The number of nitro groups is 1. The summed E-state index contributed by atoms with van der Waals surface area (Å²) in [6.07, 6.45) is 0. The second kappa shape index (κ2) is 6.17. The van der Waals surface area contributed by atoms with E-state index in [-0.39, 0.29) is 35.5 Å². The number of methoxy groups -OCH3 is 1. The Morgan fingerprint density at radius 1 is 1.47 bits per heavy atom. The van der Waals surface area contributed by atoms with Crippen LogP contribution in [0.3, 0.4) is 0 Å². The molecule has 1 aromatic carbocycles. The highest BCUT2D eigenvalue weighted by atomic mass is 35.5. The lowest BCUT2D eigenvalue weighted by atomic mass is 10.3. The number of carbonyl (C=O) groups excluding carboxylic acids is 1. The lowest BCUT2D eigenvalue weighted by Gasteiger charge is -2.07. The van der Waals surface area contributed by atoms with Crippen LogP contribution in [-0.2, 0) is 9.53 Å². The van der Waals surface area contributed by atoms with Crippen molar-refractivity contribution >= 4 is 23.1 Å². The van der Waals surface area contributed by atoms with Gasteiger partial charge < -0.3 is 9.47 Å². The molecule has 0 aliphatic heterocycles. The zero-order chi connectivity index (χ0) is 12.8. The number of hydrogen-bond donors (Lipinski definition) is 0. The largest absolute Gasteiger partial charge is 0.478 e. The van der Waals surface area contributed by atoms with Gasteiger partial charge in [-0.2, -0.15) is 0 Å². The Balaban J connectivity index is 2.82. The van der Waals surface area contributed by atoms with E-state index in [4.69, 9.17) is 16.3 Å². The first kappa shape index (κ1) is 13.4. The molecule has 0 saturated carbocycles. The maximum atomic E-state index is 11.1. The van der Waals surface area contributed by atoms with E-state index < -0.39 is 4.92 Å². The molecular formula is C10H10ClNO5. The van der Waals surface area contributed by atoms with E-state index in [9.17, 15) is 14.9 Å². The first-order valence-corrected chi connectivity index (χ1v) is 5.00. The van der Waals surface area contributed by atoms with E-state index in [1.54, 1.807) is 0 Å². The van der Waals surface area contributed by atoms with Gasteiger partial charge in [0.15, 0.2) is 5.78 Å². The van der Waals surface area contributed by atoms with E-state index >= 15 is 0 Å². The number of halogens is 1. The Morgan fingerprint density at radius 3 is 2.76 bits per heavy atom. The van der Waals surface area contributed by atoms with Crippen LogP contribution in [0, 0.1) is 10.1 Å². The predicted octanol–water partition coefficient (Wildman–Crippen LogP) is 1.84. The second-order valence-corrected chi connectivity index (χ2v) is 3.51. The van der Waals surface area contributed by atoms with Gasteiger partial charge in [0.1, 0.15) is 13.2 Å². The van der Waals surface area contributed by atoms with Gasteiger partial charge in [-0.3, -0.25) is 14.9 Å². The maximum absolute atomic E-state index is 11.1. The normalized spacial score (nSPS) is 10.0. The van der Waals surface area contributed by atoms with Gasteiger partial charge in [0.25, 0.3) is 0 Å². The van der Waals surface area contributed by atoms with E-state index in [0.717, 1.165) is 0 Å². The van der Waals surface area contributed by atoms with Gasteiger partial charge in [0.2, 0.25) is 5.75 Å². The van der Waals surface area contributed by atoms with Crippen molar-refractivity contribution in [2.45, 2.75) is 0 Å². The summed E-state index contributed by atoms with van der Waals surface area (Å²) >= 11 is 5.76. The van der Waals surface area contributed by atoms with Crippen LogP contribution in [0.5, 0.6) is 5.75 Å². The van der Waals surface area contributed by atoms with Crippen molar-refractivity contribution in [2.75, 3.05) is 20.3 Å². The second-order valence-electron chi connectivity index (χ2n) is 3.11. The summed E-state index contributed by atoms with van der Waals surface area (Å²) in [5.41, 5.74) is -0.275. The van der Waals surface area contributed by atoms with Crippen LogP contribution in [0.4, 0.5) is 5.69 Å². The van der Waals surface area contributed by atoms with Gasteiger partial charge in [0.05, 0.1) is 9.95 Å². The number of Topliss-reactive ketones (excluding diaryl/α,β-unsaturated/α-hetero) is 1. The number of carbonyl (C=O) groups is 1. The molecule has 0 N–H and O–H groups in total. The fourth-order valence-electron chi connectivity index (χ4n) is 1.14. The van der Waals surface area contributed by atoms with E-state index in [0.29, 0.717) is 0 Å². The minimum absolute atomic E-state index is 0.0874. The molecule has 0 bridgehead atoms. The molecule has 7 heteroatoms. The Bertz CT molecular complexity index is 435. The average molecular weight is 260 g/mol. The third-order valence-corrected chi connectivity index (χ3v) is 2.12. The van der Waals surface area contributed by atoms with Gasteiger partial charge in [-0.25, -0.2) is 0 Å². The molecule has 0 saturated heterocycles. The molecule has 17 heavy (non-hydrogen) atoms. The number of nitrogens with zero attached hydrogens (tertiary/aromatic N) is 1. The van der Waals surface area contributed by atoms with Crippen molar-refractivity contribution in [1.82, 2.24) is 0 Å². The molecular weight excluding hydrogens is 250 g/mol. The number of ketones is 1. The summed E-state index contributed by atoms with van der Waals surface area (Å²) in [6, 6.07) is 4.14. The highest BCUT2D eigenvalue weighted by Gasteiger charge is 2.19. The molecule has 0 atom stereocenters. The minimum Gasteiger partial charge on any atom is -0.478 e. The van der Waals surface area contributed by atoms with E-state index in [1.807, 2.05) is 0 Å². The summed E-state index contributed by atoms with van der Waals surface area (Å²) in [6.45, 7) is -0.434. The molecule has 0 aromatic heterocycles. The Kier molecular flexibility index (Phi) is 4.86. The van der Waals surface area contributed by atoms with Crippen molar-refractivity contribution < 1.29 is 19.2 Å². The van der Waals surface area contributed by atoms with Crippen molar-refractivity contribution in [3.05, 3.63) is 33.3 Å². The molecule has 92 valence electrons. The van der Waals surface area contributed by atoms with Gasteiger partial charge in [-0.05, 0) is 6.07 Å². The fraction of sp³-hybridized carbons (Fsp3) is 0.300. The number of para-hydroxylation sites is 1. The smallest absolute Gasteiger partial charge is 0.312 e. The molecule has 0 unspecified atom stereocenters. The maximum Gasteiger partial charge on any atom is 0.312 e. The van der Waals surface area contributed by atoms with Crippen LogP contribution < -0.4 is 4.74 Å². The van der Waals surface area contributed by atoms with Gasteiger partial charge in [-0.1, -0.05) is 17.7 Å². The summed E-state index contributed by atoms with van der Waals surface area (Å²) in [5, 5.41) is 10.8. The highest BCUT2D eigenvalue weighted by molar-refractivity contribution is 6.32. The average Bonchev–Trinajstić information content (AvgIpc) is 2.27. The molecule has 1 aromatic rings. The predicted molar refractivity (Wildman–Crippen MR) is 60.5 cm³/mol. The lowest BCUT2D eigenvalue weighted by Crippen LogP contribution is -2.16. The first-order chi connectivity index (χ1) is 8.06. The first-order valence-electron chi connectivity index (χ1n) is 4.62. The van der Waals surface area contributed by atoms with Crippen LogP contribution >= 0.6 is 11.6 Å². The summed E-state index contributed by atoms with van der Waals surface area (Å²) in [7, 11) is 1.37. The van der Waals surface area contributed by atoms with Crippen molar-refractivity contribution in [1.29, 1.82) is 0 Å². The summed E-state index contributed by atoms with van der Waals surface area (Å²) < 4.78 is 9.64. The summed E-state index contributed by atoms with van der Waals surface area (Å²) in [5.74, 6) is -0.440. The molecule has 1 rings (SSSR count). The number of hydrogen-bond acceptors (Lipinski definition) is 5. The van der Waals surface area contributed by atoms with Gasteiger partial charge >= 0.3 is 5.69 Å². The number of benzene rings is 1. The quantitative estimate of drug-likeness (QED) is 0.575. The SMILES string of the molecule is COCC(=O)COc1c(Cl)cccc1[N+](=O)[O-]. The highest BCUT2D eigenvalue weighted by Crippen LogP contribution is 2.34. The minimum atomic E-state index is -0.623. The van der Waals surface area contributed by atoms with Crippen molar-refractivity contribution in [2.24, 2.45) is 0 Å². The van der Waals surface area contributed by atoms with E-state index in [2.05, 4.69) is 4.74 Å². The third kappa shape index (κ3) is 3.69.